The topological polar surface area (TPSA) is 128 Å². The molecule has 1 unspecified atom stereocenters. The maximum absolute atomic E-state index is 12.6. The highest BCUT2D eigenvalue weighted by Gasteiger charge is 2.34. The highest BCUT2D eigenvalue weighted by atomic mass is 16.3. The number of aromatic nitrogens is 3. The van der Waals surface area contributed by atoms with Gasteiger partial charge in [0.1, 0.15) is 0 Å². The van der Waals surface area contributed by atoms with Crippen molar-refractivity contribution in [1.82, 2.24) is 19.9 Å². The number of nitrogens with one attached hydrogen (secondary N) is 2. The highest BCUT2D eigenvalue weighted by Crippen LogP contribution is 2.24. The first kappa shape index (κ1) is 20.7. The van der Waals surface area contributed by atoms with E-state index >= 15 is 0 Å². The van der Waals surface area contributed by atoms with Gasteiger partial charge in [0.05, 0.1) is 24.1 Å². The van der Waals surface area contributed by atoms with Crippen molar-refractivity contribution in [3.8, 4) is 11.3 Å². The van der Waals surface area contributed by atoms with Crippen LogP contribution in [0.3, 0.4) is 0 Å². The fourth-order valence-electron chi connectivity index (χ4n) is 3.23. The van der Waals surface area contributed by atoms with Crippen LogP contribution in [0.25, 0.3) is 11.3 Å². The van der Waals surface area contributed by atoms with Gasteiger partial charge in [0.15, 0.2) is 0 Å². The van der Waals surface area contributed by atoms with Gasteiger partial charge in [-0.05, 0) is 29.8 Å². The Morgan fingerprint density at radius 3 is 2.73 bits per heavy atom. The third-order valence-corrected chi connectivity index (χ3v) is 4.65. The number of aromatic amines is 1. The average molecular weight is 407 g/mol. The Labute approximate surface area is 172 Å². The first-order chi connectivity index (χ1) is 14.6. The molecule has 154 valence electrons. The van der Waals surface area contributed by atoms with Crippen molar-refractivity contribution < 1.29 is 19.5 Å². The molecule has 9 nitrogen and oxygen atoms in total. The van der Waals surface area contributed by atoms with Crippen molar-refractivity contribution in [3.63, 3.8) is 0 Å². The van der Waals surface area contributed by atoms with Crippen LogP contribution in [0.4, 0.5) is 5.69 Å². The molecule has 30 heavy (non-hydrogen) atoms. The van der Waals surface area contributed by atoms with E-state index in [1.807, 2.05) is 36.4 Å². The number of carboxylic acid groups (broad SMARTS) is 1. The predicted octanol–water partition coefficient (Wildman–Crippen LogP) is 2.16. The number of nitrogens with zero attached hydrogens (tertiary/aromatic N) is 3. The maximum Gasteiger partial charge on any atom is 0.290 e. The molecule has 1 aliphatic rings. The summed E-state index contributed by atoms with van der Waals surface area (Å²) in [6.45, 7) is 0.674. The van der Waals surface area contributed by atoms with E-state index in [1.165, 1.54) is 0 Å². The Morgan fingerprint density at radius 1 is 1.27 bits per heavy atom. The molecule has 0 bridgehead atoms. The summed E-state index contributed by atoms with van der Waals surface area (Å²) >= 11 is 0. The smallest absolute Gasteiger partial charge is 0.290 e. The van der Waals surface area contributed by atoms with Crippen LogP contribution >= 0.6 is 0 Å². The normalized spacial score (nSPS) is 15.3. The first-order valence-corrected chi connectivity index (χ1v) is 9.25. The van der Waals surface area contributed by atoms with Gasteiger partial charge in [0.25, 0.3) is 6.47 Å². The van der Waals surface area contributed by atoms with Gasteiger partial charge >= 0.3 is 0 Å². The van der Waals surface area contributed by atoms with Crippen molar-refractivity contribution >= 4 is 24.0 Å². The lowest BCUT2D eigenvalue weighted by molar-refractivity contribution is -0.128. The summed E-state index contributed by atoms with van der Waals surface area (Å²) in [6, 6.07) is 11.3. The van der Waals surface area contributed by atoms with E-state index in [9.17, 15) is 9.59 Å². The number of amides is 2. The second-order valence-corrected chi connectivity index (χ2v) is 6.67. The molecule has 1 atom stereocenters. The van der Waals surface area contributed by atoms with Crippen molar-refractivity contribution in [1.29, 1.82) is 0 Å². The summed E-state index contributed by atoms with van der Waals surface area (Å²) in [6.07, 6.45) is 6.98. The fraction of sp³-hybridized carbons (Fsp3) is 0.190. The molecule has 1 aromatic carbocycles. The minimum Gasteiger partial charge on any atom is -0.483 e. The number of rotatable bonds is 5. The molecule has 0 radical (unpaired) electrons. The maximum atomic E-state index is 12.6. The summed E-state index contributed by atoms with van der Waals surface area (Å²) in [7, 11) is 0. The minimum atomic E-state index is -0.352. The van der Waals surface area contributed by atoms with Crippen LogP contribution in [-0.4, -0.2) is 49.8 Å². The predicted molar refractivity (Wildman–Crippen MR) is 109 cm³/mol. The molecular formula is C21H21N5O4. The summed E-state index contributed by atoms with van der Waals surface area (Å²) in [5, 5.41) is 9.82. The van der Waals surface area contributed by atoms with Gasteiger partial charge in [-0.3, -0.25) is 19.4 Å². The van der Waals surface area contributed by atoms with E-state index in [0.29, 0.717) is 18.8 Å². The van der Waals surface area contributed by atoms with E-state index < -0.39 is 0 Å². The Balaban J connectivity index is 0.000000806. The molecule has 4 rings (SSSR count). The fourth-order valence-corrected chi connectivity index (χ4v) is 3.23. The molecule has 1 aliphatic heterocycles. The molecular weight excluding hydrogens is 386 g/mol. The molecule has 3 aromatic rings. The van der Waals surface area contributed by atoms with Gasteiger partial charge in [0, 0.05) is 43.2 Å². The summed E-state index contributed by atoms with van der Waals surface area (Å²) in [5.41, 5.74) is 3.52. The Kier molecular flexibility index (Phi) is 6.88. The molecule has 0 aliphatic carbocycles. The number of imidazole rings is 1. The number of likely N-dealkylation sites (tertiary alicyclic amines) is 1. The Morgan fingerprint density at radius 2 is 2.03 bits per heavy atom. The molecule has 2 aromatic heterocycles. The summed E-state index contributed by atoms with van der Waals surface area (Å²) < 4.78 is 0. The zero-order valence-electron chi connectivity index (χ0n) is 16.1. The molecule has 1 saturated heterocycles. The largest absolute Gasteiger partial charge is 0.483 e. The van der Waals surface area contributed by atoms with Crippen LogP contribution in [0.1, 0.15) is 12.0 Å². The van der Waals surface area contributed by atoms with Crippen molar-refractivity contribution in [2.24, 2.45) is 5.92 Å². The van der Waals surface area contributed by atoms with Gasteiger partial charge in [-0.15, -0.1) is 0 Å². The number of pyridine rings is 1. The van der Waals surface area contributed by atoms with Gasteiger partial charge < -0.3 is 20.3 Å². The molecule has 1 fully saturated rings. The number of hydrogen-bond acceptors (Lipinski definition) is 5. The third kappa shape index (κ3) is 5.28. The monoisotopic (exact) mass is 407 g/mol. The van der Waals surface area contributed by atoms with E-state index in [0.717, 1.165) is 16.8 Å². The second-order valence-electron chi connectivity index (χ2n) is 6.67. The number of benzene rings is 1. The number of carbonyl (C=O) groups is 3. The van der Waals surface area contributed by atoms with Crippen molar-refractivity contribution in [3.05, 3.63) is 66.9 Å². The summed E-state index contributed by atoms with van der Waals surface area (Å²) in [5.74, 6) is -0.490. The van der Waals surface area contributed by atoms with E-state index in [1.54, 1.807) is 29.8 Å². The third-order valence-electron chi connectivity index (χ3n) is 4.65. The SMILES string of the molecule is O=C(Nc1cccc(-c2cnc[nH]2)c1)C1CC(=O)N(Cc2ccncc2)C1.O=CO. The molecule has 2 amide bonds. The van der Waals surface area contributed by atoms with E-state index in [4.69, 9.17) is 9.90 Å². The lowest BCUT2D eigenvalue weighted by Gasteiger charge is -2.16. The second kappa shape index (κ2) is 9.97. The van der Waals surface area contributed by atoms with Gasteiger partial charge in [-0.2, -0.15) is 0 Å². The number of carbonyl (C=O) groups excluding carboxylic acids is 2. The van der Waals surface area contributed by atoms with Crippen LogP contribution in [0.2, 0.25) is 0 Å². The van der Waals surface area contributed by atoms with Crippen LogP contribution in [0, 0.1) is 5.92 Å². The van der Waals surface area contributed by atoms with Crippen LogP contribution in [0.15, 0.2) is 61.3 Å². The van der Waals surface area contributed by atoms with Crippen LogP contribution < -0.4 is 5.32 Å². The molecule has 3 heterocycles. The van der Waals surface area contributed by atoms with Crippen LogP contribution in [-0.2, 0) is 20.9 Å². The zero-order chi connectivity index (χ0) is 21.3. The lowest BCUT2D eigenvalue weighted by Crippen LogP contribution is -2.28. The van der Waals surface area contributed by atoms with Gasteiger partial charge in [-0.1, -0.05) is 12.1 Å². The van der Waals surface area contributed by atoms with Crippen LogP contribution in [0.5, 0.6) is 0 Å². The Hall–Kier alpha value is -4.01. The number of anilines is 1. The molecule has 9 heteroatoms. The molecule has 3 N–H and O–H groups in total. The van der Waals surface area contributed by atoms with E-state index in [2.05, 4.69) is 20.3 Å². The van der Waals surface area contributed by atoms with Gasteiger partial charge in [-0.25, -0.2) is 4.98 Å². The highest BCUT2D eigenvalue weighted by molar-refractivity contribution is 5.97. The molecule has 0 saturated carbocycles. The number of hydrogen-bond donors (Lipinski definition) is 3. The van der Waals surface area contributed by atoms with E-state index in [-0.39, 0.29) is 30.6 Å². The van der Waals surface area contributed by atoms with Crippen molar-refractivity contribution in [2.75, 3.05) is 11.9 Å². The zero-order valence-corrected chi connectivity index (χ0v) is 16.1. The first-order valence-electron chi connectivity index (χ1n) is 9.25. The lowest BCUT2D eigenvalue weighted by atomic mass is 10.1. The Bertz CT molecular complexity index is 992. The quantitative estimate of drug-likeness (QED) is 0.556. The van der Waals surface area contributed by atoms with Gasteiger partial charge in [0.2, 0.25) is 11.8 Å². The molecule has 0 spiro atoms. The minimum absolute atomic E-state index is 0.00169. The standard InChI is InChI=1S/C20H19N5O2.CH2O2/c26-19-9-16(12-25(19)11-14-4-6-21-7-5-14)20(27)24-17-3-1-2-15(8-17)18-10-22-13-23-18;2-1-3/h1-8,10,13,16H,9,11-12H2,(H,22,23)(H,24,27);1H,(H,2,3). The number of H-pyrrole nitrogens is 1. The average Bonchev–Trinajstić information content (AvgIpc) is 3.40. The van der Waals surface area contributed by atoms with Crippen molar-refractivity contribution in [2.45, 2.75) is 13.0 Å². The summed E-state index contributed by atoms with van der Waals surface area (Å²) in [4.78, 5) is 46.0.